The van der Waals surface area contributed by atoms with Crippen LogP contribution in [0.5, 0.6) is 0 Å². The van der Waals surface area contributed by atoms with Crippen molar-refractivity contribution >= 4 is 27.5 Å². The van der Waals surface area contributed by atoms with E-state index in [1.807, 2.05) is 6.07 Å². The lowest BCUT2D eigenvalue weighted by Crippen LogP contribution is -2.20. The van der Waals surface area contributed by atoms with Gasteiger partial charge in [-0.2, -0.15) is 0 Å². The summed E-state index contributed by atoms with van der Waals surface area (Å²) >= 11 is 9.31. The van der Waals surface area contributed by atoms with Crippen molar-refractivity contribution in [3.05, 3.63) is 27.5 Å². The molecular weight excluding hydrogens is 251 g/mol. The topological polar surface area (TPSA) is 38.9 Å². The number of hydrogen-bond acceptors (Lipinski definition) is 2. The summed E-state index contributed by atoms with van der Waals surface area (Å²) in [5.41, 5.74) is 7.11. The Bertz CT molecular complexity index is 336. The van der Waals surface area contributed by atoms with Crippen LogP contribution in [0, 0.1) is 0 Å². The first kappa shape index (κ1) is 9.44. The molecule has 1 aromatic rings. The van der Waals surface area contributed by atoms with E-state index in [0.717, 1.165) is 17.3 Å². The van der Waals surface area contributed by atoms with E-state index in [-0.39, 0.29) is 5.41 Å². The van der Waals surface area contributed by atoms with Crippen molar-refractivity contribution in [3.63, 3.8) is 0 Å². The molecule has 2 rings (SSSR count). The molecule has 2 nitrogen and oxygen atoms in total. The minimum Gasteiger partial charge on any atom is -0.330 e. The van der Waals surface area contributed by atoms with Crippen LogP contribution in [0.4, 0.5) is 0 Å². The molecule has 0 atom stereocenters. The maximum absolute atomic E-state index is 5.83. The maximum Gasteiger partial charge on any atom is 0.129 e. The highest BCUT2D eigenvalue weighted by Crippen LogP contribution is 2.49. The van der Waals surface area contributed by atoms with E-state index in [2.05, 4.69) is 20.9 Å². The van der Waals surface area contributed by atoms with Crippen LogP contribution in [0.15, 0.2) is 16.7 Å². The quantitative estimate of drug-likeness (QED) is 0.831. The first-order valence-electron chi connectivity index (χ1n) is 4.19. The predicted molar refractivity (Wildman–Crippen MR) is 56.9 cm³/mol. The van der Waals surface area contributed by atoms with Gasteiger partial charge in [-0.05, 0) is 40.4 Å². The Hall–Kier alpha value is -0.120. The third-order valence-electron chi connectivity index (χ3n) is 2.64. The smallest absolute Gasteiger partial charge is 0.129 e. The van der Waals surface area contributed by atoms with Gasteiger partial charge >= 0.3 is 0 Å². The summed E-state index contributed by atoms with van der Waals surface area (Å²) < 4.78 is 1.01. The van der Waals surface area contributed by atoms with Gasteiger partial charge in [0, 0.05) is 22.6 Å². The number of nitrogens with two attached hydrogens (primary N) is 1. The maximum atomic E-state index is 5.83. The lowest BCUT2D eigenvalue weighted by molar-refractivity contribution is 0.699. The van der Waals surface area contributed by atoms with Gasteiger partial charge in [-0.3, -0.25) is 0 Å². The Morgan fingerprint density at radius 3 is 2.85 bits per heavy atom. The number of aromatic nitrogens is 1. The lowest BCUT2D eigenvalue weighted by atomic mass is 9.98. The van der Waals surface area contributed by atoms with E-state index in [1.165, 1.54) is 5.56 Å². The molecule has 0 amide bonds. The van der Waals surface area contributed by atoms with Crippen molar-refractivity contribution in [3.8, 4) is 0 Å². The highest BCUT2D eigenvalue weighted by Gasteiger charge is 2.44. The van der Waals surface area contributed by atoms with Gasteiger partial charge in [-0.15, -0.1) is 0 Å². The van der Waals surface area contributed by atoms with Crippen LogP contribution < -0.4 is 5.73 Å². The highest BCUT2D eigenvalue weighted by atomic mass is 79.9. The monoisotopic (exact) mass is 260 g/mol. The molecule has 1 aromatic heterocycles. The molecule has 1 heterocycles. The summed E-state index contributed by atoms with van der Waals surface area (Å²) in [5, 5.41) is 0.540. The standard InChI is InChI=1S/C9H10BrClN2/c10-7-4-13-8(11)3-6(7)9(5-12)1-2-9/h3-4H,1-2,5,12H2. The minimum atomic E-state index is 0.172. The summed E-state index contributed by atoms with van der Waals surface area (Å²) in [6.07, 6.45) is 4.05. The van der Waals surface area contributed by atoms with Gasteiger partial charge in [0.25, 0.3) is 0 Å². The zero-order valence-electron chi connectivity index (χ0n) is 7.06. The molecule has 0 saturated heterocycles. The molecular formula is C9H10BrClN2. The van der Waals surface area contributed by atoms with E-state index >= 15 is 0 Å². The van der Waals surface area contributed by atoms with E-state index in [9.17, 15) is 0 Å². The van der Waals surface area contributed by atoms with Gasteiger partial charge in [0.2, 0.25) is 0 Å². The van der Waals surface area contributed by atoms with Gasteiger partial charge < -0.3 is 5.73 Å². The Morgan fingerprint density at radius 1 is 1.62 bits per heavy atom. The third-order valence-corrected chi connectivity index (χ3v) is 3.48. The van der Waals surface area contributed by atoms with E-state index in [4.69, 9.17) is 17.3 Å². The molecule has 1 saturated carbocycles. The Kier molecular flexibility index (Phi) is 2.34. The van der Waals surface area contributed by atoms with Crippen LogP contribution in [0.3, 0.4) is 0 Å². The largest absolute Gasteiger partial charge is 0.330 e. The number of rotatable bonds is 2. The fourth-order valence-corrected chi connectivity index (χ4v) is 2.35. The molecule has 0 aromatic carbocycles. The molecule has 0 radical (unpaired) electrons. The normalized spacial score (nSPS) is 18.7. The molecule has 2 N–H and O–H groups in total. The average Bonchev–Trinajstić information content (AvgIpc) is 2.90. The van der Waals surface area contributed by atoms with Crippen molar-refractivity contribution in [1.82, 2.24) is 4.98 Å². The van der Waals surface area contributed by atoms with Gasteiger partial charge in [0.05, 0.1) is 0 Å². The fraction of sp³-hybridized carbons (Fsp3) is 0.444. The zero-order chi connectivity index (χ0) is 9.47. The van der Waals surface area contributed by atoms with Crippen molar-refractivity contribution in [2.24, 2.45) is 5.73 Å². The van der Waals surface area contributed by atoms with Crippen molar-refractivity contribution in [1.29, 1.82) is 0 Å². The van der Waals surface area contributed by atoms with Gasteiger partial charge in [0.1, 0.15) is 5.15 Å². The average molecular weight is 262 g/mol. The molecule has 0 aliphatic heterocycles. The lowest BCUT2D eigenvalue weighted by Gasteiger charge is -2.14. The van der Waals surface area contributed by atoms with Crippen LogP contribution in [-0.4, -0.2) is 11.5 Å². The second-order valence-electron chi connectivity index (χ2n) is 3.47. The van der Waals surface area contributed by atoms with E-state index in [1.54, 1.807) is 6.20 Å². The third kappa shape index (κ3) is 1.60. The Labute approximate surface area is 90.6 Å². The number of nitrogens with zero attached hydrogens (tertiary/aromatic N) is 1. The van der Waals surface area contributed by atoms with Crippen LogP contribution >= 0.6 is 27.5 Å². The summed E-state index contributed by atoms with van der Waals surface area (Å²) in [5.74, 6) is 0. The number of hydrogen-bond donors (Lipinski definition) is 1. The van der Waals surface area contributed by atoms with E-state index < -0.39 is 0 Å². The second kappa shape index (κ2) is 3.23. The molecule has 1 fully saturated rings. The molecule has 0 bridgehead atoms. The van der Waals surface area contributed by atoms with Crippen molar-refractivity contribution < 1.29 is 0 Å². The SMILES string of the molecule is NCC1(c2cc(Cl)ncc2Br)CC1. The minimum absolute atomic E-state index is 0.172. The molecule has 1 aliphatic carbocycles. The first-order chi connectivity index (χ1) is 6.18. The summed E-state index contributed by atoms with van der Waals surface area (Å²) in [4.78, 5) is 3.99. The molecule has 13 heavy (non-hydrogen) atoms. The van der Waals surface area contributed by atoms with E-state index in [0.29, 0.717) is 11.7 Å². The number of halogens is 2. The Morgan fingerprint density at radius 2 is 2.31 bits per heavy atom. The molecule has 4 heteroatoms. The highest BCUT2D eigenvalue weighted by molar-refractivity contribution is 9.10. The van der Waals surface area contributed by atoms with Gasteiger partial charge in [0.15, 0.2) is 0 Å². The number of pyridine rings is 1. The predicted octanol–water partition coefficient (Wildman–Crippen LogP) is 2.49. The molecule has 70 valence electrons. The first-order valence-corrected chi connectivity index (χ1v) is 5.37. The molecule has 1 aliphatic rings. The second-order valence-corrected chi connectivity index (χ2v) is 4.71. The van der Waals surface area contributed by atoms with Crippen molar-refractivity contribution in [2.75, 3.05) is 6.54 Å². The summed E-state index contributed by atoms with van der Waals surface area (Å²) in [6.45, 7) is 0.686. The summed E-state index contributed by atoms with van der Waals surface area (Å²) in [6, 6.07) is 1.91. The van der Waals surface area contributed by atoms with Crippen LogP contribution in [0.1, 0.15) is 18.4 Å². The Balaban J connectivity index is 2.44. The summed E-state index contributed by atoms with van der Waals surface area (Å²) in [7, 11) is 0. The zero-order valence-corrected chi connectivity index (χ0v) is 9.40. The van der Waals surface area contributed by atoms with Gasteiger partial charge in [-0.1, -0.05) is 11.6 Å². The van der Waals surface area contributed by atoms with Gasteiger partial charge in [-0.25, -0.2) is 4.98 Å². The van der Waals surface area contributed by atoms with Crippen molar-refractivity contribution in [2.45, 2.75) is 18.3 Å². The molecule has 0 unspecified atom stereocenters. The fourth-order valence-electron chi connectivity index (χ4n) is 1.55. The van der Waals surface area contributed by atoms with Crippen LogP contribution in [0.25, 0.3) is 0 Å². The van der Waals surface area contributed by atoms with Crippen LogP contribution in [0.2, 0.25) is 5.15 Å². The molecule has 0 spiro atoms. The van der Waals surface area contributed by atoms with Crippen LogP contribution in [-0.2, 0) is 5.41 Å².